The number of hydrogen-bond acceptors (Lipinski definition) is 5. The molecular weight excluding hydrogens is 311 g/mol. The van der Waals surface area contributed by atoms with Crippen molar-refractivity contribution in [3.8, 4) is 5.75 Å². The van der Waals surface area contributed by atoms with Crippen LogP contribution in [0.3, 0.4) is 0 Å². The van der Waals surface area contributed by atoms with Gasteiger partial charge in [0.15, 0.2) is 0 Å². The highest BCUT2D eigenvalue weighted by atomic mass is 32.2. The van der Waals surface area contributed by atoms with Crippen molar-refractivity contribution in [2.45, 2.75) is 5.51 Å². The van der Waals surface area contributed by atoms with E-state index in [1.807, 2.05) is 0 Å². The molecule has 0 aliphatic carbocycles. The van der Waals surface area contributed by atoms with Crippen LogP contribution in [-0.2, 0) is 21.0 Å². The molecule has 0 N–H and O–H groups in total. The molecule has 6 nitrogen and oxygen atoms in total. The van der Waals surface area contributed by atoms with E-state index in [1.54, 1.807) is 0 Å². The molecule has 1 aromatic carbocycles. The number of nitrogens with zero attached hydrogens (tertiary/aromatic N) is 1. The number of benzene rings is 1. The van der Waals surface area contributed by atoms with E-state index in [4.69, 9.17) is 0 Å². The lowest BCUT2D eigenvalue weighted by Gasteiger charge is -2.08. The van der Waals surface area contributed by atoms with Gasteiger partial charge in [0.25, 0.3) is 0 Å². The van der Waals surface area contributed by atoms with Gasteiger partial charge in [-0.3, -0.25) is 0 Å². The van der Waals surface area contributed by atoms with E-state index < -0.39 is 26.5 Å². The molecule has 0 aromatic heterocycles. The zero-order valence-corrected chi connectivity index (χ0v) is 10.8. The minimum absolute atomic E-state index is 0.371. The quantitative estimate of drug-likeness (QED) is 0.390. The summed E-state index contributed by atoms with van der Waals surface area (Å²) in [7, 11) is -8.14. The number of para-hydroxylation sites is 1. The molecule has 108 valence electrons. The minimum Gasteiger partial charge on any atom is -0.376 e. The maximum Gasteiger partial charge on any atom is 0.534 e. The summed E-state index contributed by atoms with van der Waals surface area (Å²) in [6, 6.07) is 6.47. The summed E-state index contributed by atoms with van der Waals surface area (Å²) >= 11 is 0. The largest absolute Gasteiger partial charge is 0.534 e. The fourth-order valence-electron chi connectivity index (χ4n) is 0.650. The van der Waals surface area contributed by atoms with E-state index in [2.05, 4.69) is 15.3 Å². The molecule has 0 radical (unpaired) electrons. The van der Waals surface area contributed by atoms with Gasteiger partial charge in [0.1, 0.15) is 5.75 Å². The Labute approximate surface area is 108 Å². The SMILES string of the molecule is C=N[SH](=O)=O.O=S(=O)(Oc1ccccc1)C(F)(F)F. The molecule has 0 bridgehead atoms. The molecule has 0 spiro atoms. The van der Waals surface area contributed by atoms with Gasteiger partial charge < -0.3 is 4.18 Å². The van der Waals surface area contributed by atoms with Crippen molar-refractivity contribution in [1.29, 1.82) is 0 Å². The fourth-order valence-corrected chi connectivity index (χ4v) is 1.11. The van der Waals surface area contributed by atoms with Crippen LogP contribution in [0.15, 0.2) is 34.7 Å². The first-order valence-corrected chi connectivity index (χ1v) is 6.81. The molecule has 0 aliphatic rings. The Bertz CT molecular complexity index is 572. The second-order valence-corrected chi connectivity index (χ2v) is 4.97. The zero-order valence-electron chi connectivity index (χ0n) is 9.07. The van der Waals surface area contributed by atoms with Crippen molar-refractivity contribution in [2.24, 2.45) is 4.40 Å². The standard InChI is InChI=1S/C7H5F3O3S.CH3NO2S/c8-7(9,10)14(11,12)13-6-4-2-1-3-5-6;1-2-5(3)4/h1-5H;5H,1H2. The maximum atomic E-state index is 11.8. The Kier molecular flexibility index (Phi) is 6.48. The predicted molar refractivity (Wildman–Crippen MR) is 61.9 cm³/mol. The van der Waals surface area contributed by atoms with Gasteiger partial charge in [-0.05, 0) is 12.1 Å². The summed E-state index contributed by atoms with van der Waals surface area (Å²) in [6.07, 6.45) is 0. The Morgan fingerprint density at radius 1 is 1.16 bits per heavy atom. The fraction of sp³-hybridized carbons (Fsp3) is 0.125. The molecule has 1 rings (SSSR count). The first-order chi connectivity index (χ1) is 8.60. The Morgan fingerprint density at radius 2 is 1.58 bits per heavy atom. The van der Waals surface area contributed by atoms with Gasteiger partial charge in [-0.25, -0.2) is 8.42 Å². The van der Waals surface area contributed by atoms with Gasteiger partial charge in [-0.15, -0.1) is 0 Å². The zero-order chi connectivity index (χ0) is 15.1. The molecular formula is C8H8F3NO5S2. The van der Waals surface area contributed by atoms with Crippen LogP contribution in [-0.4, -0.2) is 29.1 Å². The topological polar surface area (TPSA) is 89.9 Å². The Morgan fingerprint density at radius 3 is 1.89 bits per heavy atom. The maximum absolute atomic E-state index is 11.8. The smallest absolute Gasteiger partial charge is 0.376 e. The predicted octanol–water partition coefficient (Wildman–Crippen LogP) is 1.13. The van der Waals surface area contributed by atoms with Crippen LogP contribution in [0.2, 0.25) is 0 Å². The van der Waals surface area contributed by atoms with Gasteiger partial charge in [0.05, 0.1) is 0 Å². The summed E-state index contributed by atoms with van der Waals surface area (Å²) in [5, 5.41) is 0. The second kappa shape index (κ2) is 7.09. The first-order valence-electron chi connectivity index (χ1n) is 4.27. The van der Waals surface area contributed by atoms with Gasteiger partial charge in [0.2, 0.25) is 10.9 Å². The van der Waals surface area contributed by atoms with Crippen molar-refractivity contribution in [3.63, 3.8) is 0 Å². The van der Waals surface area contributed by atoms with Crippen LogP contribution in [0.4, 0.5) is 13.2 Å². The van der Waals surface area contributed by atoms with E-state index in [-0.39, 0.29) is 5.75 Å². The van der Waals surface area contributed by atoms with Gasteiger partial charge in [-0.2, -0.15) is 26.0 Å². The number of alkyl halides is 3. The number of thiol groups is 1. The first kappa shape index (κ1) is 17.4. The van der Waals surface area contributed by atoms with E-state index in [9.17, 15) is 30.0 Å². The summed E-state index contributed by atoms with van der Waals surface area (Å²) in [5.41, 5.74) is -5.40. The van der Waals surface area contributed by atoms with Crippen molar-refractivity contribution in [2.75, 3.05) is 0 Å². The monoisotopic (exact) mass is 319 g/mol. The third-order valence-electron chi connectivity index (χ3n) is 1.35. The molecule has 0 saturated carbocycles. The van der Waals surface area contributed by atoms with E-state index >= 15 is 0 Å². The van der Waals surface area contributed by atoms with Crippen molar-refractivity contribution >= 4 is 27.7 Å². The van der Waals surface area contributed by atoms with Crippen molar-refractivity contribution < 1.29 is 34.2 Å². The molecule has 0 unspecified atom stereocenters. The molecule has 0 atom stereocenters. The van der Waals surface area contributed by atoms with Gasteiger partial charge in [0, 0.05) is 6.72 Å². The summed E-state index contributed by atoms with van der Waals surface area (Å²) in [5.74, 6) is -0.371. The lowest BCUT2D eigenvalue weighted by molar-refractivity contribution is -0.0500. The highest BCUT2D eigenvalue weighted by Crippen LogP contribution is 2.26. The average Bonchev–Trinajstić information content (AvgIpc) is 2.29. The highest BCUT2D eigenvalue weighted by Gasteiger charge is 2.48. The molecule has 11 heteroatoms. The van der Waals surface area contributed by atoms with Crippen LogP contribution in [0.5, 0.6) is 5.75 Å². The summed E-state index contributed by atoms with van der Waals surface area (Å²) < 4.78 is 81.1. The van der Waals surface area contributed by atoms with Crippen molar-refractivity contribution in [1.82, 2.24) is 0 Å². The molecule has 0 amide bonds. The van der Waals surface area contributed by atoms with Crippen LogP contribution in [0.25, 0.3) is 0 Å². The normalized spacial score (nSPS) is 11.4. The van der Waals surface area contributed by atoms with Crippen molar-refractivity contribution in [3.05, 3.63) is 30.3 Å². The summed E-state index contributed by atoms with van der Waals surface area (Å²) in [4.78, 5) is 0. The summed E-state index contributed by atoms with van der Waals surface area (Å²) in [6.45, 7) is 2.71. The molecule has 1 aromatic rings. The van der Waals surface area contributed by atoms with Gasteiger partial charge >= 0.3 is 15.6 Å². The lowest BCUT2D eigenvalue weighted by Crippen LogP contribution is -2.27. The van der Waals surface area contributed by atoms with Crippen LogP contribution in [0.1, 0.15) is 0 Å². The molecule has 0 heterocycles. The number of rotatable bonds is 3. The van der Waals surface area contributed by atoms with E-state index in [0.29, 0.717) is 0 Å². The van der Waals surface area contributed by atoms with Gasteiger partial charge in [-0.1, -0.05) is 18.2 Å². The number of halogens is 3. The highest BCUT2D eigenvalue weighted by molar-refractivity contribution is 7.88. The Balaban J connectivity index is 0.000000555. The van der Waals surface area contributed by atoms with E-state index in [1.165, 1.54) is 18.2 Å². The van der Waals surface area contributed by atoms with Crippen LogP contribution in [0, 0.1) is 0 Å². The van der Waals surface area contributed by atoms with Crippen LogP contribution < -0.4 is 4.18 Å². The molecule has 0 aliphatic heterocycles. The second-order valence-electron chi connectivity index (χ2n) is 2.68. The lowest BCUT2D eigenvalue weighted by atomic mass is 10.3. The minimum atomic E-state index is -5.55. The Hall–Kier alpha value is -1.62. The third kappa shape index (κ3) is 6.76. The third-order valence-corrected chi connectivity index (χ3v) is 2.56. The van der Waals surface area contributed by atoms with Crippen LogP contribution >= 0.6 is 0 Å². The average molecular weight is 319 g/mol. The van der Waals surface area contributed by atoms with E-state index in [0.717, 1.165) is 12.1 Å². The molecule has 0 fully saturated rings. The molecule has 0 saturated heterocycles. The number of hydrogen-bond donors (Lipinski definition) is 1. The molecule has 19 heavy (non-hydrogen) atoms.